The molecule has 0 unspecified atom stereocenters. The molecule has 1 saturated heterocycles. The van der Waals surface area contributed by atoms with Crippen molar-refractivity contribution in [2.24, 2.45) is 0 Å². The van der Waals surface area contributed by atoms with Crippen molar-refractivity contribution in [2.75, 3.05) is 47.2 Å². The Morgan fingerprint density at radius 1 is 1.03 bits per heavy atom. The molecular formula is C26H29FN6O3S. The number of carbonyl (C=O) groups excluding carboxylic acids is 1. The van der Waals surface area contributed by atoms with Crippen LogP contribution in [0.15, 0.2) is 66.0 Å². The number of amides is 1. The van der Waals surface area contributed by atoms with Crippen LogP contribution >= 0.6 is 0 Å². The van der Waals surface area contributed by atoms with Crippen LogP contribution in [0.3, 0.4) is 0 Å². The lowest BCUT2D eigenvalue weighted by atomic mass is 9.99. The van der Waals surface area contributed by atoms with Gasteiger partial charge in [0.15, 0.2) is 5.82 Å². The van der Waals surface area contributed by atoms with Gasteiger partial charge in [-0.2, -0.15) is 0 Å². The monoisotopic (exact) mass is 524 g/mol. The van der Waals surface area contributed by atoms with E-state index in [2.05, 4.69) is 24.5 Å². The molecule has 2 aromatic carbocycles. The molecule has 2 aliphatic rings. The normalized spacial score (nSPS) is 16.8. The van der Waals surface area contributed by atoms with Crippen LogP contribution in [0.1, 0.15) is 18.9 Å². The summed E-state index contributed by atoms with van der Waals surface area (Å²) in [6.45, 7) is 5.12. The Kier molecular flexibility index (Phi) is 6.96. The Hall–Kier alpha value is -3.73. The number of anilines is 3. The molecule has 0 saturated carbocycles. The minimum atomic E-state index is -3.77. The summed E-state index contributed by atoms with van der Waals surface area (Å²) in [5.74, 6) is -0.0294. The number of rotatable bonds is 6. The van der Waals surface area contributed by atoms with E-state index in [-0.39, 0.29) is 28.5 Å². The molecule has 1 atom stereocenters. The zero-order valence-electron chi connectivity index (χ0n) is 20.5. The molecule has 37 heavy (non-hydrogen) atoms. The van der Waals surface area contributed by atoms with Crippen molar-refractivity contribution in [1.82, 2.24) is 14.9 Å². The number of carbonyl (C=O) groups is 1. The molecule has 11 heteroatoms. The maximum atomic E-state index is 13.7. The van der Waals surface area contributed by atoms with Crippen LogP contribution in [-0.2, 0) is 21.2 Å². The summed E-state index contributed by atoms with van der Waals surface area (Å²) in [4.78, 5) is 27.4. The fourth-order valence-electron chi connectivity index (χ4n) is 4.96. The maximum Gasteiger partial charge on any atom is 0.263 e. The molecule has 1 N–H and O–H groups in total. The molecule has 5 rings (SSSR count). The van der Waals surface area contributed by atoms with Gasteiger partial charge in [0.1, 0.15) is 11.9 Å². The van der Waals surface area contributed by atoms with Crippen molar-refractivity contribution < 1.29 is 17.6 Å². The molecule has 194 valence electrons. The first-order valence-electron chi connectivity index (χ1n) is 12.3. The van der Waals surface area contributed by atoms with E-state index in [1.807, 2.05) is 11.8 Å². The van der Waals surface area contributed by atoms with E-state index in [9.17, 15) is 17.6 Å². The molecule has 0 spiro atoms. The number of hydrogen-bond acceptors (Lipinski definition) is 7. The third-order valence-electron chi connectivity index (χ3n) is 6.93. The fourth-order valence-corrected chi connectivity index (χ4v) is 5.96. The molecule has 3 heterocycles. The summed E-state index contributed by atoms with van der Waals surface area (Å²) in [5, 5.41) is 0. The van der Waals surface area contributed by atoms with Crippen LogP contribution in [0.2, 0.25) is 0 Å². The fraction of sp³-hybridized carbons (Fsp3) is 0.346. The van der Waals surface area contributed by atoms with Gasteiger partial charge in [-0.1, -0.05) is 0 Å². The first-order valence-corrected chi connectivity index (χ1v) is 13.8. The number of nitrogens with one attached hydrogen (secondary N) is 1. The van der Waals surface area contributed by atoms with Crippen LogP contribution in [0.25, 0.3) is 0 Å². The van der Waals surface area contributed by atoms with Crippen molar-refractivity contribution in [3.05, 3.63) is 72.4 Å². The van der Waals surface area contributed by atoms with Crippen LogP contribution in [0, 0.1) is 5.82 Å². The minimum Gasteiger partial charge on any atom is -0.368 e. The molecule has 1 fully saturated rings. The number of aromatic nitrogens is 2. The highest BCUT2D eigenvalue weighted by atomic mass is 32.2. The average molecular weight is 525 g/mol. The number of hydrogen-bond donors (Lipinski definition) is 1. The lowest BCUT2D eigenvalue weighted by Crippen LogP contribution is -2.55. The molecule has 0 radical (unpaired) electrons. The summed E-state index contributed by atoms with van der Waals surface area (Å²) in [6, 6.07) is 11.1. The van der Waals surface area contributed by atoms with Crippen molar-refractivity contribution in [3.63, 3.8) is 0 Å². The number of piperazine rings is 1. The standard InChI is InChI=1S/C26H29FN6O3S/c1-19(33-12-2-3-20-17-21(27)4-9-24(20)33)26(34)32-15-13-31(14-16-32)22-5-7-23(8-6-22)37(35,36)30-25-18-28-10-11-29-25/h4-11,17-19H,2-3,12-16H2,1H3,(H,29,30)/t19-/m1/s1. The van der Waals surface area contributed by atoms with E-state index in [1.165, 1.54) is 24.7 Å². The Bertz CT molecular complexity index is 1360. The number of nitrogens with zero attached hydrogens (tertiary/aromatic N) is 5. The average Bonchev–Trinajstić information content (AvgIpc) is 2.92. The van der Waals surface area contributed by atoms with E-state index in [1.54, 1.807) is 36.4 Å². The van der Waals surface area contributed by atoms with E-state index in [4.69, 9.17) is 0 Å². The topological polar surface area (TPSA) is 98.7 Å². The smallest absolute Gasteiger partial charge is 0.263 e. The van der Waals surface area contributed by atoms with Gasteiger partial charge in [-0.25, -0.2) is 17.8 Å². The Morgan fingerprint density at radius 3 is 2.49 bits per heavy atom. The Balaban J connectivity index is 1.19. The lowest BCUT2D eigenvalue weighted by Gasteiger charge is -2.41. The molecular weight excluding hydrogens is 495 g/mol. The van der Waals surface area contributed by atoms with Crippen molar-refractivity contribution in [1.29, 1.82) is 0 Å². The van der Waals surface area contributed by atoms with Gasteiger partial charge in [0, 0.05) is 56.5 Å². The van der Waals surface area contributed by atoms with Crippen LogP contribution in [0.4, 0.5) is 21.6 Å². The van der Waals surface area contributed by atoms with Gasteiger partial charge in [-0.3, -0.25) is 14.5 Å². The number of benzene rings is 2. The van der Waals surface area contributed by atoms with Crippen LogP contribution in [-0.4, -0.2) is 68.0 Å². The predicted molar refractivity (Wildman–Crippen MR) is 140 cm³/mol. The van der Waals surface area contributed by atoms with E-state index in [0.29, 0.717) is 26.2 Å². The number of aryl methyl sites for hydroxylation is 1. The Morgan fingerprint density at radius 2 is 1.78 bits per heavy atom. The van der Waals surface area contributed by atoms with Gasteiger partial charge in [0.2, 0.25) is 5.91 Å². The summed E-state index contributed by atoms with van der Waals surface area (Å²) in [5.41, 5.74) is 2.79. The highest BCUT2D eigenvalue weighted by Crippen LogP contribution is 2.30. The van der Waals surface area contributed by atoms with Gasteiger partial charge in [0.25, 0.3) is 10.0 Å². The summed E-state index contributed by atoms with van der Waals surface area (Å²) in [7, 11) is -3.77. The minimum absolute atomic E-state index is 0.0633. The molecule has 1 amide bonds. The molecule has 2 aliphatic heterocycles. The van der Waals surface area contributed by atoms with E-state index in [0.717, 1.165) is 36.3 Å². The largest absolute Gasteiger partial charge is 0.368 e. The second-order valence-electron chi connectivity index (χ2n) is 9.25. The first kappa shape index (κ1) is 24.9. The van der Waals surface area contributed by atoms with E-state index >= 15 is 0 Å². The van der Waals surface area contributed by atoms with Gasteiger partial charge < -0.3 is 14.7 Å². The Labute approximate surface area is 216 Å². The second-order valence-corrected chi connectivity index (χ2v) is 10.9. The van der Waals surface area contributed by atoms with E-state index < -0.39 is 10.0 Å². The van der Waals surface area contributed by atoms with Crippen LogP contribution in [0.5, 0.6) is 0 Å². The van der Waals surface area contributed by atoms with Gasteiger partial charge >= 0.3 is 0 Å². The van der Waals surface area contributed by atoms with Gasteiger partial charge in [0.05, 0.1) is 11.1 Å². The number of fused-ring (bicyclic) bond motifs is 1. The molecule has 0 bridgehead atoms. The van der Waals surface area contributed by atoms with Crippen molar-refractivity contribution >= 4 is 33.1 Å². The summed E-state index contributed by atoms with van der Waals surface area (Å²) < 4.78 is 41.4. The SMILES string of the molecule is C[C@H](C(=O)N1CCN(c2ccc(S(=O)(=O)Nc3cnccn3)cc2)CC1)N1CCCc2cc(F)ccc21. The maximum absolute atomic E-state index is 13.7. The highest BCUT2D eigenvalue weighted by Gasteiger charge is 2.31. The molecule has 1 aromatic heterocycles. The molecule has 9 nitrogen and oxygen atoms in total. The third-order valence-corrected chi connectivity index (χ3v) is 8.30. The van der Waals surface area contributed by atoms with Gasteiger partial charge in [-0.05, 0) is 67.8 Å². The number of halogens is 1. The summed E-state index contributed by atoms with van der Waals surface area (Å²) in [6.07, 6.45) is 5.94. The highest BCUT2D eigenvalue weighted by molar-refractivity contribution is 7.92. The van der Waals surface area contributed by atoms with Crippen LogP contribution < -0.4 is 14.5 Å². The predicted octanol–water partition coefficient (Wildman–Crippen LogP) is 2.91. The number of sulfonamides is 1. The first-order chi connectivity index (χ1) is 17.8. The molecule has 3 aromatic rings. The molecule has 0 aliphatic carbocycles. The van der Waals surface area contributed by atoms with Crippen molar-refractivity contribution in [2.45, 2.75) is 30.7 Å². The lowest BCUT2D eigenvalue weighted by molar-refractivity contribution is -0.132. The quantitative estimate of drug-likeness (QED) is 0.529. The zero-order chi connectivity index (χ0) is 26.0. The summed E-state index contributed by atoms with van der Waals surface area (Å²) >= 11 is 0. The third kappa shape index (κ3) is 5.36. The van der Waals surface area contributed by atoms with Gasteiger partial charge in [-0.15, -0.1) is 0 Å². The zero-order valence-corrected chi connectivity index (χ0v) is 21.4. The van der Waals surface area contributed by atoms with Crippen molar-refractivity contribution in [3.8, 4) is 0 Å². The second kappa shape index (κ2) is 10.3.